The summed E-state index contributed by atoms with van der Waals surface area (Å²) in [6.07, 6.45) is -0.138. The number of rotatable bonds is 7. The summed E-state index contributed by atoms with van der Waals surface area (Å²) in [5.74, 6) is -0.362. The number of nitrogen functional groups attached to an aromatic ring is 1. The number of benzene rings is 1. The summed E-state index contributed by atoms with van der Waals surface area (Å²) in [6, 6.07) is 6.66. The quantitative estimate of drug-likeness (QED) is 0.583. The van der Waals surface area contributed by atoms with Gasteiger partial charge in [-0.1, -0.05) is 0 Å². The average molecular weight is 287 g/mol. The van der Waals surface area contributed by atoms with Crippen LogP contribution in [0.25, 0.3) is 0 Å². The number of hydrogen-bond acceptors (Lipinski definition) is 6. The van der Waals surface area contributed by atoms with E-state index in [4.69, 9.17) is 10.5 Å². The Hall–Kier alpha value is -1.76. The van der Waals surface area contributed by atoms with Gasteiger partial charge in [0.1, 0.15) is 12.4 Å². The molecule has 6 nitrogen and oxygen atoms in total. The third-order valence-electron chi connectivity index (χ3n) is 2.39. The van der Waals surface area contributed by atoms with E-state index in [1.807, 2.05) is 0 Å². The van der Waals surface area contributed by atoms with Crippen LogP contribution >= 0.6 is 0 Å². The molecule has 0 saturated heterocycles. The minimum atomic E-state index is -3.32. The smallest absolute Gasteiger partial charge is 0.306 e. The summed E-state index contributed by atoms with van der Waals surface area (Å²) in [6.45, 7) is 0.0351. The number of carbonyl (C=O) groups is 1. The monoisotopic (exact) mass is 287 g/mol. The largest absolute Gasteiger partial charge is 0.493 e. The van der Waals surface area contributed by atoms with E-state index in [1.165, 1.54) is 7.11 Å². The van der Waals surface area contributed by atoms with Gasteiger partial charge in [0.2, 0.25) is 0 Å². The molecule has 0 aliphatic heterocycles. The molecule has 1 rings (SSSR count). The van der Waals surface area contributed by atoms with Crippen LogP contribution in [0.2, 0.25) is 0 Å². The van der Waals surface area contributed by atoms with Crippen LogP contribution in [0, 0.1) is 0 Å². The van der Waals surface area contributed by atoms with Gasteiger partial charge in [-0.2, -0.15) is 0 Å². The molecule has 0 amide bonds. The highest BCUT2D eigenvalue weighted by Crippen LogP contribution is 2.13. The average Bonchev–Trinajstić information content (AvgIpc) is 2.38. The molecule has 0 spiro atoms. The predicted octanol–water partition coefficient (Wildman–Crippen LogP) is 0.625. The Balaban J connectivity index is 2.35. The van der Waals surface area contributed by atoms with Crippen molar-refractivity contribution in [2.75, 3.05) is 31.0 Å². The van der Waals surface area contributed by atoms with Crippen LogP contribution in [0.3, 0.4) is 0 Å². The molecular formula is C12H17NO5S. The molecule has 0 fully saturated rings. The van der Waals surface area contributed by atoms with Crippen molar-refractivity contribution in [3.8, 4) is 5.75 Å². The molecule has 0 saturated carbocycles. The van der Waals surface area contributed by atoms with Crippen molar-refractivity contribution in [2.45, 2.75) is 6.42 Å². The van der Waals surface area contributed by atoms with Gasteiger partial charge in [0.05, 0.1) is 25.0 Å². The minimum absolute atomic E-state index is 0.0351. The van der Waals surface area contributed by atoms with E-state index < -0.39 is 15.8 Å². The minimum Gasteiger partial charge on any atom is -0.493 e. The lowest BCUT2D eigenvalue weighted by atomic mass is 10.3. The fourth-order valence-corrected chi connectivity index (χ4v) is 2.31. The zero-order valence-electron chi connectivity index (χ0n) is 10.7. The molecule has 0 bridgehead atoms. The first-order chi connectivity index (χ1) is 8.93. The molecule has 7 heteroatoms. The lowest BCUT2D eigenvalue weighted by Gasteiger charge is -2.07. The second-order valence-electron chi connectivity index (χ2n) is 3.90. The van der Waals surface area contributed by atoms with E-state index in [0.29, 0.717) is 11.4 Å². The van der Waals surface area contributed by atoms with E-state index in [9.17, 15) is 13.2 Å². The normalized spacial score (nSPS) is 11.0. The maximum absolute atomic E-state index is 11.6. The molecule has 2 N–H and O–H groups in total. The zero-order valence-corrected chi connectivity index (χ0v) is 11.5. The van der Waals surface area contributed by atoms with Crippen LogP contribution in [0.4, 0.5) is 5.69 Å². The third kappa shape index (κ3) is 6.10. The molecule has 0 aliphatic rings. The van der Waals surface area contributed by atoms with Gasteiger partial charge in [-0.15, -0.1) is 0 Å². The van der Waals surface area contributed by atoms with Crippen LogP contribution in [0.5, 0.6) is 5.75 Å². The second-order valence-corrected chi connectivity index (χ2v) is 6.20. The van der Waals surface area contributed by atoms with Gasteiger partial charge in [0.25, 0.3) is 0 Å². The first kappa shape index (κ1) is 15.3. The Morgan fingerprint density at radius 1 is 1.21 bits per heavy atom. The van der Waals surface area contributed by atoms with Crippen molar-refractivity contribution < 1.29 is 22.7 Å². The van der Waals surface area contributed by atoms with E-state index in [2.05, 4.69) is 4.74 Å². The number of anilines is 1. The number of carbonyl (C=O) groups excluding carboxylic acids is 1. The molecule has 0 aromatic heterocycles. The molecular weight excluding hydrogens is 270 g/mol. The van der Waals surface area contributed by atoms with E-state index in [1.54, 1.807) is 24.3 Å². The van der Waals surface area contributed by atoms with Crippen molar-refractivity contribution in [1.29, 1.82) is 0 Å². The van der Waals surface area contributed by atoms with Gasteiger partial charge in [-0.3, -0.25) is 4.79 Å². The van der Waals surface area contributed by atoms with Crippen LogP contribution in [0.1, 0.15) is 6.42 Å². The lowest BCUT2D eigenvalue weighted by Crippen LogP contribution is -2.19. The maximum Gasteiger partial charge on any atom is 0.306 e. The van der Waals surface area contributed by atoms with E-state index >= 15 is 0 Å². The molecule has 0 unspecified atom stereocenters. The van der Waals surface area contributed by atoms with E-state index in [0.717, 1.165) is 0 Å². The van der Waals surface area contributed by atoms with Gasteiger partial charge in [0, 0.05) is 5.69 Å². The van der Waals surface area contributed by atoms with Crippen molar-refractivity contribution >= 4 is 21.5 Å². The number of nitrogens with two attached hydrogens (primary N) is 1. The van der Waals surface area contributed by atoms with Crippen LogP contribution < -0.4 is 10.5 Å². The summed E-state index contributed by atoms with van der Waals surface area (Å²) in [5, 5.41) is 0. The summed E-state index contributed by atoms with van der Waals surface area (Å²) in [5.41, 5.74) is 6.12. The number of hydrogen-bond donors (Lipinski definition) is 1. The number of sulfone groups is 1. The van der Waals surface area contributed by atoms with Crippen LogP contribution in [-0.4, -0.2) is 39.6 Å². The standard InChI is InChI=1S/C12H17NO5S/c1-17-12(14)6-8-19(15,16)9-7-18-11-4-2-10(13)3-5-11/h2-5H,6-9,13H2,1H3. The highest BCUT2D eigenvalue weighted by atomic mass is 32.2. The number of esters is 1. The molecule has 1 aromatic carbocycles. The molecule has 0 aliphatic carbocycles. The topological polar surface area (TPSA) is 95.7 Å². The Labute approximate surface area is 112 Å². The fraction of sp³-hybridized carbons (Fsp3) is 0.417. The Bertz CT molecular complexity index is 509. The molecule has 19 heavy (non-hydrogen) atoms. The Kier molecular flexibility index (Phi) is 5.62. The molecule has 1 aromatic rings. The lowest BCUT2D eigenvalue weighted by molar-refractivity contribution is -0.140. The third-order valence-corrected chi connectivity index (χ3v) is 4.00. The summed E-state index contributed by atoms with van der Waals surface area (Å²) in [4.78, 5) is 10.9. The SMILES string of the molecule is COC(=O)CCS(=O)(=O)CCOc1ccc(N)cc1. The van der Waals surface area contributed by atoms with Gasteiger partial charge >= 0.3 is 5.97 Å². The molecule has 0 atom stereocenters. The number of methoxy groups -OCH3 is 1. The van der Waals surface area contributed by atoms with Gasteiger partial charge < -0.3 is 15.2 Å². The van der Waals surface area contributed by atoms with Crippen LogP contribution in [0.15, 0.2) is 24.3 Å². The van der Waals surface area contributed by atoms with Gasteiger partial charge in [-0.05, 0) is 24.3 Å². The zero-order chi connectivity index (χ0) is 14.3. The van der Waals surface area contributed by atoms with E-state index in [-0.39, 0.29) is 24.5 Å². The highest BCUT2D eigenvalue weighted by molar-refractivity contribution is 7.91. The van der Waals surface area contributed by atoms with Crippen molar-refractivity contribution in [2.24, 2.45) is 0 Å². The van der Waals surface area contributed by atoms with Crippen molar-refractivity contribution in [1.82, 2.24) is 0 Å². The van der Waals surface area contributed by atoms with Crippen molar-refractivity contribution in [3.63, 3.8) is 0 Å². The Morgan fingerprint density at radius 3 is 2.42 bits per heavy atom. The summed E-state index contributed by atoms with van der Waals surface area (Å²) in [7, 11) is -2.09. The maximum atomic E-state index is 11.6. The summed E-state index contributed by atoms with van der Waals surface area (Å²) < 4.78 is 32.8. The first-order valence-electron chi connectivity index (χ1n) is 5.68. The van der Waals surface area contributed by atoms with Crippen LogP contribution in [-0.2, 0) is 19.4 Å². The number of ether oxygens (including phenoxy) is 2. The Morgan fingerprint density at radius 2 is 1.84 bits per heavy atom. The second kappa shape index (κ2) is 6.98. The van der Waals surface area contributed by atoms with Crippen molar-refractivity contribution in [3.05, 3.63) is 24.3 Å². The van der Waals surface area contributed by atoms with Gasteiger partial charge in [-0.25, -0.2) is 8.42 Å². The molecule has 0 radical (unpaired) electrons. The highest BCUT2D eigenvalue weighted by Gasteiger charge is 2.14. The fourth-order valence-electron chi connectivity index (χ4n) is 1.29. The van der Waals surface area contributed by atoms with Gasteiger partial charge in [0.15, 0.2) is 9.84 Å². The molecule has 106 valence electrons. The predicted molar refractivity (Wildman–Crippen MR) is 71.6 cm³/mol. The first-order valence-corrected chi connectivity index (χ1v) is 7.50. The summed E-state index contributed by atoms with van der Waals surface area (Å²) >= 11 is 0. The molecule has 0 heterocycles.